The van der Waals surface area contributed by atoms with Crippen LogP contribution in [0.15, 0.2) is 0 Å². The van der Waals surface area contributed by atoms with E-state index in [0.717, 1.165) is 18.2 Å². The van der Waals surface area contributed by atoms with Crippen molar-refractivity contribution in [3.8, 4) is 0 Å². The summed E-state index contributed by atoms with van der Waals surface area (Å²) in [6.07, 6.45) is 1.86. The molecule has 1 saturated heterocycles. The van der Waals surface area contributed by atoms with Crippen LogP contribution in [0.1, 0.15) is 12.8 Å². The first-order chi connectivity index (χ1) is 4.33. The van der Waals surface area contributed by atoms with Crippen LogP contribution < -0.4 is 0 Å². The summed E-state index contributed by atoms with van der Waals surface area (Å²) in [5.41, 5.74) is 0. The second-order valence-corrected chi connectivity index (χ2v) is 5.17. The summed E-state index contributed by atoms with van der Waals surface area (Å²) in [5.74, 6) is 0. The molecule has 3 heteroatoms. The Morgan fingerprint density at radius 2 is 2.22 bits per heavy atom. The van der Waals surface area contributed by atoms with E-state index in [1.807, 2.05) is 0 Å². The minimum absolute atomic E-state index is 0.0622. The van der Waals surface area contributed by atoms with Gasteiger partial charge in [-0.1, -0.05) is 0 Å². The van der Waals surface area contributed by atoms with Crippen molar-refractivity contribution < 1.29 is 10.2 Å². The van der Waals surface area contributed by atoms with Crippen LogP contribution in [-0.2, 0) is 0 Å². The molecule has 1 fully saturated rings. The van der Waals surface area contributed by atoms with Crippen LogP contribution in [-0.4, -0.2) is 37.9 Å². The van der Waals surface area contributed by atoms with Gasteiger partial charge in [-0.2, -0.15) is 0 Å². The molecule has 54 valence electrons. The summed E-state index contributed by atoms with van der Waals surface area (Å²) >= 11 is 0.492. The van der Waals surface area contributed by atoms with Crippen molar-refractivity contribution in [1.29, 1.82) is 0 Å². The SMILES string of the molecule is OCC1CCC(O)C[Se]1. The van der Waals surface area contributed by atoms with Crippen LogP contribution >= 0.6 is 0 Å². The van der Waals surface area contributed by atoms with Crippen molar-refractivity contribution in [2.24, 2.45) is 0 Å². The van der Waals surface area contributed by atoms with Gasteiger partial charge >= 0.3 is 60.9 Å². The molecular formula is C6H12O2Se. The van der Waals surface area contributed by atoms with Gasteiger partial charge in [0.1, 0.15) is 0 Å². The molecule has 0 radical (unpaired) electrons. The van der Waals surface area contributed by atoms with Crippen LogP contribution in [0.2, 0.25) is 10.1 Å². The van der Waals surface area contributed by atoms with Crippen LogP contribution in [0.5, 0.6) is 0 Å². The fourth-order valence-corrected chi connectivity index (χ4v) is 3.18. The molecule has 0 aromatic heterocycles. The molecule has 1 aliphatic rings. The van der Waals surface area contributed by atoms with Crippen molar-refractivity contribution in [3.05, 3.63) is 0 Å². The average Bonchev–Trinajstić information content (AvgIpc) is 1.90. The van der Waals surface area contributed by atoms with Gasteiger partial charge in [0.15, 0.2) is 0 Å². The molecule has 0 aromatic carbocycles. The molecule has 0 aromatic rings. The van der Waals surface area contributed by atoms with Gasteiger partial charge in [-0.3, -0.25) is 0 Å². The van der Waals surface area contributed by atoms with Gasteiger partial charge in [0.25, 0.3) is 0 Å². The predicted octanol–water partition coefficient (Wildman–Crippen LogP) is 0.0444. The number of hydrogen-bond donors (Lipinski definition) is 2. The zero-order valence-electron chi connectivity index (χ0n) is 5.29. The maximum absolute atomic E-state index is 9.06. The molecule has 1 aliphatic heterocycles. The van der Waals surface area contributed by atoms with E-state index in [-0.39, 0.29) is 6.10 Å². The molecule has 2 N–H and O–H groups in total. The Bertz CT molecular complexity index is 79.1. The Labute approximate surface area is 61.4 Å². The fraction of sp³-hybridized carbons (Fsp3) is 1.00. The first-order valence-corrected chi connectivity index (χ1v) is 5.43. The summed E-state index contributed by atoms with van der Waals surface area (Å²) < 4.78 is 0. The fourth-order valence-electron chi connectivity index (χ4n) is 0.936. The Morgan fingerprint density at radius 1 is 1.44 bits per heavy atom. The number of aliphatic hydroxyl groups excluding tert-OH is 2. The molecule has 0 amide bonds. The molecule has 2 unspecified atom stereocenters. The molecule has 0 aliphatic carbocycles. The average molecular weight is 195 g/mol. The van der Waals surface area contributed by atoms with E-state index in [9.17, 15) is 0 Å². The third kappa shape index (κ3) is 2.26. The number of hydrogen-bond acceptors (Lipinski definition) is 2. The summed E-state index contributed by atoms with van der Waals surface area (Å²) in [6.45, 7) is 0.326. The van der Waals surface area contributed by atoms with Gasteiger partial charge in [0.2, 0.25) is 0 Å². The van der Waals surface area contributed by atoms with Gasteiger partial charge in [0.05, 0.1) is 0 Å². The van der Waals surface area contributed by atoms with Crippen LogP contribution in [0.3, 0.4) is 0 Å². The maximum atomic E-state index is 9.06. The molecule has 9 heavy (non-hydrogen) atoms. The molecule has 0 spiro atoms. The standard InChI is InChI=1S/C6H12O2Se/c7-3-6-2-1-5(8)4-9-6/h5-8H,1-4H2. The zero-order chi connectivity index (χ0) is 6.69. The van der Waals surface area contributed by atoms with Gasteiger partial charge in [0, 0.05) is 0 Å². The molecule has 2 atom stereocenters. The molecule has 0 saturated carbocycles. The minimum atomic E-state index is -0.0622. The van der Waals surface area contributed by atoms with Gasteiger partial charge in [-0.05, 0) is 0 Å². The Hall–Kier alpha value is 0.439. The van der Waals surface area contributed by atoms with Gasteiger partial charge < -0.3 is 0 Å². The quantitative estimate of drug-likeness (QED) is 0.580. The van der Waals surface area contributed by atoms with Crippen LogP contribution in [0, 0.1) is 0 Å². The molecular weight excluding hydrogens is 183 g/mol. The Balaban J connectivity index is 2.18. The zero-order valence-corrected chi connectivity index (χ0v) is 7.00. The molecule has 0 bridgehead atoms. The monoisotopic (exact) mass is 196 g/mol. The van der Waals surface area contributed by atoms with Gasteiger partial charge in [-0.15, -0.1) is 0 Å². The third-order valence-corrected chi connectivity index (χ3v) is 4.56. The number of rotatable bonds is 1. The summed E-state index contributed by atoms with van der Waals surface area (Å²) in [6, 6.07) is 0. The van der Waals surface area contributed by atoms with E-state index < -0.39 is 0 Å². The third-order valence-electron chi connectivity index (χ3n) is 1.55. The van der Waals surface area contributed by atoms with E-state index in [0.29, 0.717) is 26.4 Å². The summed E-state index contributed by atoms with van der Waals surface area (Å²) in [5, 5.41) is 18.7. The normalized spacial score (nSPS) is 36.7. The Kier molecular flexibility index (Phi) is 2.99. The van der Waals surface area contributed by atoms with Crippen molar-refractivity contribution >= 4 is 15.0 Å². The first kappa shape index (κ1) is 7.55. The van der Waals surface area contributed by atoms with E-state index in [4.69, 9.17) is 10.2 Å². The predicted molar refractivity (Wildman–Crippen MR) is 36.6 cm³/mol. The van der Waals surface area contributed by atoms with E-state index in [1.54, 1.807) is 0 Å². The summed E-state index contributed by atoms with van der Waals surface area (Å²) in [7, 11) is 0. The molecule has 1 rings (SSSR count). The molecule has 2 nitrogen and oxygen atoms in total. The van der Waals surface area contributed by atoms with Crippen molar-refractivity contribution in [1.82, 2.24) is 0 Å². The molecule has 1 heterocycles. The topological polar surface area (TPSA) is 40.5 Å². The number of aliphatic hydroxyl groups is 2. The second kappa shape index (κ2) is 3.57. The van der Waals surface area contributed by atoms with E-state index in [2.05, 4.69) is 0 Å². The van der Waals surface area contributed by atoms with E-state index >= 15 is 0 Å². The van der Waals surface area contributed by atoms with E-state index in [1.165, 1.54) is 0 Å². The van der Waals surface area contributed by atoms with Crippen LogP contribution in [0.25, 0.3) is 0 Å². The van der Waals surface area contributed by atoms with Crippen molar-refractivity contribution in [3.63, 3.8) is 0 Å². The summed E-state index contributed by atoms with van der Waals surface area (Å²) in [4.78, 5) is 0.529. The Morgan fingerprint density at radius 3 is 2.67 bits per heavy atom. The van der Waals surface area contributed by atoms with Crippen molar-refractivity contribution in [2.75, 3.05) is 6.61 Å². The van der Waals surface area contributed by atoms with Gasteiger partial charge in [-0.25, -0.2) is 0 Å². The van der Waals surface area contributed by atoms with Crippen LogP contribution in [0.4, 0.5) is 0 Å². The first-order valence-electron chi connectivity index (χ1n) is 3.23. The van der Waals surface area contributed by atoms with Crippen molar-refractivity contribution in [2.45, 2.75) is 29.1 Å². The second-order valence-electron chi connectivity index (χ2n) is 2.37.